The first kappa shape index (κ1) is 14.2. The summed E-state index contributed by atoms with van der Waals surface area (Å²) in [4.78, 5) is 10.4. The molecule has 4 heteroatoms. The number of benzene rings is 1. The summed E-state index contributed by atoms with van der Waals surface area (Å²) >= 11 is 0. The maximum atomic E-state index is 8.70. The smallest absolute Gasteiger partial charge is 0.106 e. The molecule has 1 N–H and O–H groups in total. The fourth-order valence-electron chi connectivity index (χ4n) is 2.03. The summed E-state index contributed by atoms with van der Waals surface area (Å²) in [6.07, 6.45) is 2.38. The lowest BCUT2D eigenvalue weighted by Crippen LogP contribution is -2.36. The van der Waals surface area contributed by atoms with E-state index in [1.54, 1.807) is 0 Å². The van der Waals surface area contributed by atoms with Gasteiger partial charge < -0.3 is 15.0 Å². The molecule has 0 radical (unpaired) electrons. The maximum absolute atomic E-state index is 8.70. The van der Waals surface area contributed by atoms with Crippen LogP contribution >= 0.6 is 0 Å². The topological polar surface area (TPSA) is 56.1 Å². The van der Waals surface area contributed by atoms with Gasteiger partial charge in [0.1, 0.15) is 6.79 Å². The van der Waals surface area contributed by atoms with Gasteiger partial charge >= 0.3 is 0 Å². The van der Waals surface area contributed by atoms with Crippen molar-refractivity contribution in [2.24, 2.45) is 0 Å². The average molecular weight is 245 g/mol. The van der Waals surface area contributed by atoms with E-state index in [0.717, 1.165) is 18.8 Å². The quantitative estimate of drug-likeness (QED) is 0.864. The van der Waals surface area contributed by atoms with E-state index in [4.69, 9.17) is 10.1 Å². The first-order valence-corrected chi connectivity index (χ1v) is 6.02. The first-order chi connectivity index (χ1) is 8.78. The highest BCUT2D eigenvalue weighted by atomic mass is 16.1. The van der Waals surface area contributed by atoms with E-state index in [1.807, 2.05) is 31.1 Å². The molecule has 0 amide bonds. The van der Waals surface area contributed by atoms with E-state index in [1.165, 1.54) is 12.8 Å². The molecule has 4 nitrogen and oxygen atoms in total. The van der Waals surface area contributed by atoms with Crippen LogP contribution in [0.5, 0.6) is 0 Å². The number of nitrogens with one attached hydrogen (secondary N) is 1. The van der Waals surface area contributed by atoms with Crippen molar-refractivity contribution in [3.63, 3.8) is 0 Å². The molecule has 1 aromatic rings. The van der Waals surface area contributed by atoms with E-state index < -0.39 is 0 Å². The SMILES string of the molecule is C=O.CN1CCC(Nc2ccc(C#N)cc2)CC1. The van der Waals surface area contributed by atoms with Crippen molar-refractivity contribution in [1.29, 1.82) is 5.26 Å². The van der Waals surface area contributed by atoms with Crippen LogP contribution in [-0.2, 0) is 4.79 Å². The number of carbonyl (C=O) groups excluding carboxylic acids is 1. The zero-order chi connectivity index (χ0) is 13.4. The Hall–Kier alpha value is -1.86. The Bertz CT molecular complexity index is 388. The molecule has 1 aliphatic heterocycles. The van der Waals surface area contributed by atoms with E-state index in [-0.39, 0.29) is 0 Å². The highest BCUT2D eigenvalue weighted by Gasteiger charge is 2.15. The summed E-state index contributed by atoms with van der Waals surface area (Å²) < 4.78 is 0. The van der Waals surface area contributed by atoms with Gasteiger partial charge in [0.2, 0.25) is 0 Å². The number of hydrogen-bond acceptors (Lipinski definition) is 4. The van der Waals surface area contributed by atoms with Crippen LogP contribution in [0.25, 0.3) is 0 Å². The van der Waals surface area contributed by atoms with Gasteiger partial charge in [-0.05, 0) is 57.2 Å². The zero-order valence-corrected chi connectivity index (χ0v) is 10.7. The second-order valence-electron chi connectivity index (χ2n) is 4.41. The fourth-order valence-corrected chi connectivity index (χ4v) is 2.03. The highest BCUT2D eigenvalue weighted by Crippen LogP contribution is 2.16. The normalized spacial score (nSPS) is 16.2. The van der Waals surface area contributed by atoms with Crippen molar-refractivity contribution >= 4 is 12.5 Å². The van der Waals surface area contributed by atoms with Gasteiger partial charge in [-0.15, -0.1) is 0 Å². The monoisotopic (exact) mass is 245 g/mol. The Labute approximate surface area is 108 Å². The lowest BCUT2D eigenvalue weighted by atomic mass is 10.1. The summed E-state index contributed by atoms with van der Waals surface area (Å²) in [5.74, 6) is 0. The van der Waals surface area contributed by atoms with Crippen molar-refractivity contribution in [2.75, 3.05) is 25.5 Å². The molecule has 1 fully saturated rings. The molecule has 1 aliphatic rings. The molecule has 96 valence electrons. The van der Waals surface area contributed by atoms with E-state index in [0.29, 0.717) is 11.6 Å². The molecular formula is C14H19N3O. The minimum Gasteiger partial charge on any atom is -0.382 e. The third-order valence-corrected chi connectivity index (χ3v) is 3.10. The van der Waals surface area contributed by atoms with Gasteiger partial charge in [0.15, 0.2) is 0 Å². The van der Waals surface area contributed by atoms with Crippen LogP contribution in [0.1, 0.15) is 18.4 Å². The van der Waals surface area contributed by atoms with E-state index in [9.17, 15) is 0 Å². The molecule has 1 aromatic carbocycles. The van der Waals surface area contributed by atoms with Crippen LogP contribution in [0.2, 0.25) is 0 Å². The van der Waals surface area contributed by atoms with Crippen molar-refractivity contribution in [3.8, 4) is 6.07 Å². The molecule has 0 aromatic heterocycles. The lowest BCUT2D eigenvalue weighted by Gasteiger charge is -2.30. The minimum absolute atomic E-state index is 0.573. The molecule has 0 bridgehead atoms. The molecule has 1 heterocycles. The van der Waals surface area contributed by atoms with Crippen LogP contribution in [0.15, 0.2) is 24.3 Å². The van der Waals surface area contributed by atoms with Gasteiger partial charge in [-0.2, -0.15) is 5.26 Å². The van der Waals surface area contributed by atoms with Crippen molar-refractivity contribution in [3.05, 3.63) is 29.8 Å². The molecule has 1 saturated heterocycles. The number of carbonyl (C=O) groups is 1. The summed E-state index contributed by atoms with van der Waals surface area (Å²) in [5, 5.41) is 12.2. The molecule has 2 rings (SSSR count). The number of anilines is 1. The Morgan fingerprint density at radius 1 is 1.28 bits per heavy atom. The standard InChI is InChI=1S/C13H17N3.CH2O/c1-16-8-6-13(7-9-16)15-12-4-2-11(10-14)3-5-12;1-2/h2-5,13,15H,6-9H2,1H3;1H2. The summed E-state index contributed by atoms with van der Waals surface area (Å²) in [6.45, 7) is 4.32. The Morgan fingerprint density at radius 2 is 1.83 bits per heavy atom. The van der Waals surface area contributed by atoms with Gasteiger partial charge in [-0.1, -0.05) is 0 Å². The van der Waals surface area contributed by atoms with E-state index in [2.05, 4.69) is 23.3 Å². The molecule has 0 aliphatic carbocycles. The number of likely N-dealkylation sites (tertiary alicyclic amines) is 1. The predicted octanol–water partition coefficient (Wildman–Crippen LogP) is 1.88. The summed E-state index contributed by atoms with van der Waals surface area (Å²) in [6, 6.07) is 10.4. The number of piperidine rings is 1. The number of nitrogens with zero attached hydrogens (tertiary/aromatic N) is 2. The second-order valence-corrected chi connectivity index (χ2v) is 4.41. The molecule has 0 saturated carbocycles. The second kappa shape index (κ2) is 7.46. The molecule has 18 heavy (non-hydrogen) atoms. The summed E-state index contributed by atoms with van der Waals surface area (Å²) in [7, 11) is 2.16. The first-order valence-electron chi connectivity index (χ1n) is 6.02. The summed E-state index contributed by atoms with van der Waals surface area (Å²) in [5.41, 5.74) is 1.84. The van der Waals surface area contributed by atoms with Gasteiger partial charge in [-0.3, -0.25) is 0 Å². The van der Waals surface area contributed by atoms with Gasteiger partial charge in [0.05, 0.1) is 11.6 Å². The maximum Gasteiger partial charge on any atom is 0.106 e. The predicted molar refractivity (Wildman–Crippen MR) is 72.4 cm³/mol. The lowest BCUT2D eigenvalue weighted by molar-refractivity contribution is -0.0979. The minimum atomic E-state index is 0.573. The van der Waals surface area contributed by atoms with Gasteiger partial charge in [0.25, 0.3) is 0 Å². The van der Waals surface area contributed by atoms with E-state index >= 15 is 0 Å². The van der Waals surface area contributed by atoms with Crippen LogP contribution in [0, 0.1) is 11.3 Å². The third-order valence-electron chi connectivity index (χ3n) is 3.10. The van der Waals surface area contributed by atoms with Gasteiger partial charge in [-0.25, -0.2) is 0 Å². The molecule has 0 spiro atoms. The zero-order valence-electron chi connectivity index (χ0n) is 10.7. The average Bonchev–Trinajstić information content (AvgIpc) is 2.44. The van der Waals surface area contributed by atoms with Crippen LogP contribution in [-0.4, -0.2) is 37.9 Å². The fraction of sp³-hybridized carbons (Fsp3) is 0.429. The van der Waals surface area contributed by atoms with Crippen molar-refractivity contribution in [1.82, 2.24) is 4.90 Å². The molecular weight excluding hydrogens is 226 g/mol. The van der Waals surface area contributed by atoms with Crippen molar-refractivity contribution < 1.29 is 4.79 Å². The largest absolute Gasteiger partial charge is 0.382 e. The van der Waals surface area contributed by atoms with Gasteiger partial charge in [0, 0.05) is 11.7 Å². The Kier molecular flexibility index (Phi) is 5.89. The Balaban J connectivity index is 0.000000771. The number of hydrogen-bond donors (Lipinski definition) is 1. The molecule has 0 atom stereocenters. The van der Waals surface area contributed by atoms with Crippen LogP contribution < -0.4 is 5.32 Å². The highest BCUT2D eigenvalue weighted by molar-refractivity contribution is 5.47. The van der Waals surface area contributed by atoms with Crippen molar-refractivity contribution in [2.45, 2.75) is 18.9 Å². The number of rotatable bonds is 2. The molecule has 0 unspecified atom stereocenters. The number of nitriles is 1. The van der Waals surface area contributed by atoms with Crippen LogP contribution in [0.3, 0.4) is 0 Å². The third kappa shape index (κ3) is 4.19. The Morgan fingerprint density at radius 3 is 2.33 bits per heavy atom. The van der Waals surface area contributed by atoms with Crippen LogP contribution in [0.4, 0.5) is 5.69 Å².